The van der Waals surface area contributed by atoms with E-state index in [4.69, 9.17) is 0 Å². The summed E-state index contributed by atoms with van der Waals surface area (Å²) in [5.74, 6) is 0. The van der Waals surface area contributed by atoms with Gasteiger partial charge in [0.1, 0.15) is 0 Å². The van der Waals surface area contributed by atoms with Crippen LogP contribution in [0, 0.1) is 6.92 Å². The lowest BCUT2D eigenvalue weighted by Crippen LogP contribution is -2.19. The quantitative estimate of drug-likeness (QED) is 0.783. The van der Waals surface area contributed by atoms with Gasteiger partial charge in [-0.2, -0.15) is 0 Å². The van der Waals surface area contributed by atoms with E-state index in [9.17, 15) is 0 Å². The van der Waals surface area contributed by atoms with Gasteiger partial charge in [-0.05, 0) is 58.6 Å². The average molecular weight is 273 g/mol. The molecule has 1 aromatic carbocycles. The van der Waals surface area contributed by atoms with E-state index in [1.54, 1.807) is 0 Å². The second kappa shape index (κ2) is 6.91. The first-order valence-corrected chi connectivity index (χ1v) is 7.49. The fourth-order valence-electron chi connectivity index (χ4n) is 2.77. The van der Waals surface area contributed by atoms with Crippen molar-refractivity contribution in [1.29, 1.82) is 0 Å². The highest BCUT2D eigenvalue weighted by Crippen LogP contribution is 2.24. The zero-order valence-electron chi connectivity index (χ0n) is 13.2. The van der Waals surface area contributed by atoms with Gasteiger partial charge >= 0.3 is 0 Å². The van der Waals surface area contributed by atoms with Crippen molar-refractivity contribution in [3.05, 3.63) is 35.5 Å². The molecule has 0 fully saturated rings. The highest BCUT2D eigenvalue weighted by Gasteiger charge is 2.10. The van der Waals surface area contributed by atoms with Crippen molar-refractivity contribution in [1.82, 2.24) is 14.8 Å². The number of nitrogens with one attached hydrogen (secondary N) is 1. The molecule has 0 atom stereocenters. The molecule has 2 aromatic rings. The second-order valence-electron chi connectivity index (χ2n) is 5.84. The minimum Gasteiger partial charge on any atom is -0.346 e. The summed E-state index contributed by atoms with van der Waals surface area (Å²) in [6, 6.07) is 8.64. The molecule has 0 aliphatic carbocycles. The summed E-state index contributed by atoms with van der Waals surface area (Å²) < 4.78 is 2.32. The summed E-state index contributed by atoms with van der Waals surface area (Å²) in [6.45, 7) is 5.45. The third kappa shape index (κ3) is 3.41. The van der Waals surface area contributed by atoms with E-state index in [2.05, 4.69) is 67.1 Å². The Morgan fingerprint density at radius 3 is 2.60 bits per heavy atom. The van der Waals surface area contributed by atoms with E-state index in [1.807, 2.05) is 0 Å². The molecule has 0 aliphatic heterocycles. The van der Waals surface area contributed by atoms with E-state index >= 15 is 0 Å². The van der Waals surface area contributed by atoms with Crippen LogP contribution in [0.4, 0.5) is 0 Å². The number of para-hydroxylation sites is 1. The second-order valence-corrected chi connectivity index (χ2v) is 5.84. The van der Waals surface area contributed by atoms with Crippen LogP contribution in [0.3, 0.4) is 0 Å². The van der Waals surface area contributed by atoms with Crippen LogP contribution < -0.4 is 5.32 Å². The zero-order chi connectivity index (χ0) is 14.5. The lowest BCUT2D eigenvalue weighted by Gasteiger charge is -2.10. The van der Waals surface area contributed by atoms with Gasteiger partial charge in [0.05, 0.1) is 0 Å². The minimum absolute atomic E-state index is 0.957. The first-order chi connectivity index (χ1) is 9.61. The summed E-state index contributed by atoms with van der Waals surface area (Å²) in [6.07, 6.45) is 2.50. The molecule has 2 rings (SSSR count). The summed E-state index contributed by atoms with van der Waals surface area (Å²) in [5.41, 5.74) is 4.14. The van der Waals surface area contributed by atoms with E-state index in [1.165, 1.54) is 41.5 Å². The lowest BCUT2D eigenvalue weighted by molar-refractivity contribution is 0.391. The number of fused-ring (bicyclic) bond motifs is 1. The largest absolute Gasteiger partial charge is 0.346 e. The Morgan fingerprint density at radius 1 is 1.15 bits per heavy atom. The molecule has 0 amide bonds. The molecule has 0 spiro atoms. The Morgan fingerprint density at radius 2 is 1.90 bits per heavy atom. The fraction of sp³-hybridized carbons (Fsp3) is 0.529. The molecule has 0 radical (unpaired) electrons. The van der Waals surface area contributed by atoms with Crippen LogP contribution in [-0.2, 0) is 13.6 Å². The number of hydrogen-bond acceptors (Lipinski definition) is 2. The van der Waals surface area contributed by atoms with Crippen LogP contribution in [0.25, 0.3) is 10.9 Å². The molecule has 0 unspecified atom stereocenters. The van der Waals surface area contributed by atoms with Crippen molar-refractivity contribution in [2.45, 2.75) is 26.3 Å². The van der Waals surface area contributed by atoms with Gasteiger partial charge in [-0.15, -0.1) is 0 Å². The molecule has 0 saturated heterocycles. The monoisotopic (exact) mass is 273 g/mol. The Balaban J connectivity index is 1.90. The summed E-state index contributed by atoms with van der Waals surface area (Å²) in [5, 5.41) is 4.95. The number of aryl methyl sites for hydroxylation is 2. The Kier molecular flexibility index (Phi) is 5.21. The third-order valence-electron chi connectivity index (χ3n) is 4.01. The van der Waals surface area contributed by atoms with Gasteiger partial charge in [0, 0.05) is 30.2 Å². The van der Waals surface area contributed by atoms with E-state index in [0.29, 0.717) is 0 Å². The number of nitrogens with zero attached hydrogens (tertiary/aromatic N) is 2. The maximum atomic E-state index is 3.58. The molecule has 3 heteroatoms. The average Bonchev–Trinajstić information content (AvgIpc) is 2.67. The number of hydrogen-bond donors (Lipinski definition) is 1. The highest BCUT2D eigenvalue weighted by molar-refractivity contribution is 5.85. The van der Waals surface area contributed by atoms with E-state index in [0.717, 1.165) is 13.1 Å². The minimum atomic E-state index is 0.957. The maximum absolute atomic E-state index is 3.58. The van der Waals surface area contributed by atoms with Crippen molar-refractivity contribution in [2.24, 2.45) is 7.05 Å². The Labute approximate surface area is 122 Å². The van der Waals surface area contributed by atoms with Crippen LogP contribution >= 0.6 is 0 Å². The molecule has 1 N–H and O–H groups in total. The maximum Gasteiger partial charge on any atom is 0.0483 e. The number of rotatable bonds is 7. The zero-order valence-corrected chi connectivity index (χ0v) is 13.2. The number of aromatic nitrogens is 1. The van der Waals surface area contributed by atoms with Crippen molar-refractivity contribution in [3.63, 3.8) is 0 Å². The molecule has 3 nitrogen and oxygen atoms in total. The normalized spacial score (nSPS) is 11.7. The smallest absolute Gasteiger partial charge is 0.0483 e. The van der Waals surface area contributed by atoms with Crippen LogP contribution in [-0.4, -0.2) is 36.7 Å². The molecular weight excluding hydrogens is 246 g/mol. The van der Waals surface area contributed by atoms with Crippen LogP contribution in [0.2, 0.25) is 0 Å². The number of unbranched alkanes of at least 4 members (excludes halogenated alkanes) is 1. The molecule has 0 saturated carbocycles. The van der Waals surface area contributed by atoms with Crippen LogP contribution in [0.5, 0.6) is 0 Å². The molecule has 0 bridgehead atoms. The van der Waals surface area contributed by atoms with Gasteiger partial charge in [-0.3, -0.25) is 0 Å². The predicted octanol–water partition coefficient (Wildman–Crippen LogP) is 2.92. The van der Waals surface area contributed by atoms with Crippen LogP contribution in [0.15, 0.2) is 24.3 Å². The molecule has 110 valence electrons. The van der Waals surface area contributed by atoms with Crippen molar-refractivity contribution in [3.8, 4) is 0 Å². The Hall–Kier alpha value is -1.32. The SMILES string of the molecule is Cc1c(CNCCCCN(C)C)n(C)c2ccccc12. The standard InChI is InChI=1S/C17H27N3/c1-14-15-9-5-6-10-16(15)20(4)17(14)13-18-11-7-8-12-19(2)3/h5-6,9-10,18H,7-8,11-13H2,1-4H3. The topological polar surface area (TPSA) is 20.2 Å². The molecule has 20 heavy (non-hydrogen) atoms. The molecule has 0 aliphatic rings. The van der Waals surface area contributed by atoms with E-state index < -0.39 is 0 Å². The van der Waals surface area contributed by atoms with Crippen molar-refractivity contribution in [2.75, 3.05) is 27.2 Å². The van der Waals surface area contributed by atoms with Gasteiger partial charge in [0.25, 0.3) is 0 Å². The van der Waals surface area contributed by atoms with Crippen molar-refractivity contribution >= 4 is 10.9 Å². The first kappa shape index (κ1) is 15.1. The summed E-state index contributed by atoms with van der Waals surface area (Å²) in [7, 11) is 6.43. The highest BCUT2D eigenvalue weighted by atomic mass is 15.0. The molecule has 1 heterocycles. The predicted molar refractivity (Wildman–Crippen MR) is 87.2 cm³/mol. The summed E-state index contributed by atoms with van der Waals surface area (Å²) >= 11 is 0. The fourth-order valence-corrected chi connectivity index (χ4v) is 2.77. The van der Waals surface area contributed by atoms with Crippen molar-refractivity contribution < 1.29 is 0 Å². The Bertz CT molecular complexity index is 516. The van der Waals surface area contributed by atoms with Crippen LogP contribution in [0.1, 0.15) is 24.1 Å². The van der Waals surface area contributed by atoms with E-state index in [-0.39, 0.29) is 0 Å². The number of benzene rings is 1. The van der Waals surface area contributed by atoms with Gasteiger partial charge in [-0.1, -0.05) is 18.2 Å². The molecular formula is C17H27N3. The lowest BCUT2D eigenvalue weighted by atomic mass is 10.1. The van der Waals surface area contributed by atoms with Gasteiger partial charge in [0.15, 0.2) is 0 Å². The van der Waals surface area contributed by atoms with Gasteiger partial charge < -0.3 is 14.8 Å². The first-order valence-electron chi connectivity index (χ1n) is 7.49. The molecule has 1 aromatic heterocycles. The summed E-state index contributed by atoms with van der Waals surface area (Å²) in [4.78, 5) is 2.24. The van der Waals surface area contributed by atoms with Gasteiger partial charge in [-0.25, -0.2) is 0 Å². The third-order valence-corrected chi connectivity index (χ3v) is 4.01. The van der Waals surface area contributed by atoms with Gasteiger partial charge in [0.2, 0.25) is 0 Å².